The van der Waals surface area contributed by atoms with E-state index in [2.05, 4.69) is 18.6 Å². The van der Waals surface area contributed by atoms with Crippen LogP contribution in [0.3, 0.4) is 0 Å². The minimum absolute atomic E-state index is 0.117. The maximum Gasteiger partial charge on any atom is 0.324 e. The maximum absolute atomic E-state index is 14.4. The number of nitrogens with zero attached hydrogens (tertiary/aromatic N) is 2. The van der Waals surface area contributed by atoms with Crippen LogP contribution in [0.15, 0.2) is 30.0 Å². The van der Waals surface area contributed by atoms with E-state index in [4.69, 9.17) is 27.9 Å². The van der Waals surface area contributed by atoms with Crippen molar-refractivity contribution in [2.75, 3.05) is 11.6 Å². The number of benzene rings is 1. The van der Waals surface area contributed by atoms with Crippen LogP contribution in [-0.2, 0) is 16.0 Å². The van der Waals surface area contributed by atoms with Crippen LogP contribution in [0.4, 0.5) is 18.9 Å². The topological polar surface area (TPSA) is 41.9 Å². The summed E-state index contributed by atoms with van der Waals surface area (Å²) in [6, 6.07) is 2.72. The van der Waals surface area contributed by atoms with Crippen molar-refractivity contribution in [1.29, 1.82) is 0 Å². The standard InChI is InChI=1S/C19H25Cl2FN2O2.C2H4F2.C2H6/c1-6-12(4)13(5)23-24(7-2)18-10-14(15(20)11-17(18)22)9-16(21)19(25)26-8-3;1-2(3)4;1-2/h7,10-12,16H,2,6,8-9H2,1,3-5H3;2H,1H3;1-2H3/b23-13-;;. The van der Waals surface area contributed by atoms with Crippen molar-refractivity contribution in [3.05, 3.63) is 41.3 Å². The third kappa shape index (κ3) is 12.3. The van der Waals surface area contributed by atoms with Gasteiger partial charge in [0.1, 0.15) is 16.9 Å². The highest BCUT2D eigenvalue weighted by atomic mass is 35.5. The van der Waals surface area contributed by atoms with Gasteiger partial charge in [0.15, 0.2) is 0 Å². The number of hydrogen-bond acceptors (Lipinski definition) is 4. The Balaban J connectivity index is 0. The van der Waals surface area contributed by atoms with Crippen LogP contribution in [0.1, 0.15) is 60.5 Å². The molecule has 184 valence electrons. The van der Waals surface area contributed by atoms with Crippen molar-refractivity contribution in [3.63, 3.8) is 0 Å². The summed E-state index contributed by atoms with van der Waals surface area (Å²) in [5.74, 6) is -0.827. The summed E-state index contributed by atoms with van der Waals surface area (Å²) in [6.45, 7) is 16.4. The lowest BCUT2D eigenvalue weighted by atomic mass is 10.0. The van der Waals surface area contributed by atoms with Crippen molar-refractivity contribution in [3.8, 4) is 0 Å². The number of rotatable bonds is 9. The van der Waals surface area contributed by atoms with Crippen LogP contribution in [0.2, 0.25) is 5.02 Å². The minimum Gasteiger partial charge on any atom is -0.465 e. The van der Waals surface area contributed by atoms with Gasteiger partial charge in [-0.05, 0) is 50.8 Å². The zero-order chi connectivity index (χ0) is 25.4. The van der Waals surface area contributed by atoms with E-state index < -0.39 is 23.6 Å². The number of ether oxygens (including phenoxy) is 1. The van der Waals surface area contributed by atoms with E-state index in [1.807, 2.05) is 27.7 Å². The first kappa shape index (κ1) is 32.4. The molecule has 0 saturated carbocycles. The Hall–Kier alpha value is -1.73. The molecule has 0 aromatic heterocycles. The minimum atomic E-state index is -2.17. The Bertz CT molecular complexity index is 729. The molecule has 1 aromatic carbocycles. The van der Waals surface area contributed by atoms with Gasteiger partial charge in [-0.1, -0.05) is 45.9 Å². The molecule has 9 heteroatoms. The van der Waals surface area contributed by atoms with E-state index in [-0.39, 0.29) is 29.7 Å². The highest BCUT2D eigenvalue weighted by molar-refractivity contribution is 6.32. The third-order valence-electron chi connectivity index (χ3n) is 4.07. The summed E-state index contributed by atoms with van der Waals surface area (Å²) in [4.78, 5) is 11.7. The maximum atomic E-state index is 14.4. The van der Waals surface area contributed by atoms with Gasteiger partial charge in [-0.2, -0.15) is 5.10 Å². The van der Waals surface area contributed by atoms with Crippen LogP contribution >= 0.6 is 23.2 Å². The Labute approximate surface area is 200 Å². The molecule has 0 heterocycles. The molecule has 0 N–H and O–H groups in total. The number of carbonyl (C=O) groups excluding carboxylic acids is 1. The van der Waals surface area contributed by atoms with Gasteiger partial charge in [-0.3, -0.25) is 4.79 Å². The van der Waals surface area contributed by atoms with Gasteiger partial charge >= 0.3 is 5.97 Å². The second-order valence-electron chi connectivity index (χ2n) is 6.42. The molecule has 2 unspecified atom stereocenters. The molecule has 1 aromatic rings. The fourth-order valence-corrected chi connectivity index (χ4v) is 2.64. The van der Waals surface area contributed by atoms with Crippen LogP contribution in [0, 0.1) is 11.7 Å². The molecule has 0 spiro atoms. The summed E-state index contributed by atoms with van der Waals surface area (Å²) in [5, 5.41) is 5.08. The number of alkyl halides is 3. The molecule has 2 atom stereocenters. The van der Waals surface area contributed by atoms with Gasteiger partial charge in [-0.15, -0.1) is 11.6 Å². The highest BCUT2D eigenvalue weighted by Crippen LogP contribution is 2.29. The third-order valence-corrected chi connectivity index (χ3v) is 4.75. The molecule has 32 heavy (non-hydrogen) atoms. The van der Waals surface area contributed by atoms with E-state index in [1.54, 1.807) is 6.92 Å². The van der Waals surface area contributed by atoms with E-state index in [9.17, 15) is 18.0 Å². The van der Waals surface area contributed by atoms with Crippen LogP contribution in [-0.4, -0.2) is 30.1 Å². The van der Waals surface area contributed by atoms with Crippen molar-refractivity contribution in [1.82, 2.24) is 0 Å². The van der Waals surface area contributed by atoms with Crippen LogP contribution < -0.4 is 5.01 Å². The molecule has 4 nitrogen and oxygen atoms in total. The molecule has 0 bridgehead atoms. The second-order valence-corrected chi connectivity index (χ2v) is 7.35. The zero-order valence-electron chi connectivity index (χ0n) is 19.9. The SMILES string of the molecule is C=CN(/N=C(/C)C(C)CC)c1cc(CC(Cl)C(=O)OCC)c(Cl)cc1F.CC.CC(F)F. The normalized spacial score (nSPS) is 12.6. The first-order chi connectivity index (χ1) is 15.0. The second kappa shape index (κ2) is 17.8. The Morgan fingerprint density at radius 1 is 1.28 bits per heavy atom. The quantitative estimate of drug-likeness (QED) is 0.150. The van der Waals surface area contributed by atoms with Crippen molar-refractivity contribution in [2.24, 2.45) is 11.0 Å². The lowest BCUT2D eigenvalue weighted by Gasteiger charge is -2.20. The highest BCUT2D eigenvalue weighted by Gasteiger charge is 2.21. The molecule has 0 aliphatic carbocycles. The fourth-order valence-electron chi connectivity index (χ4n) is 2.18. The Morgan fingerprint density at radius 3 is 2.25 bits per heavy atom. The molecule has 0 saturated heterocycles. The number of anilines is 1. The van der Waals surface area contributed by atoms with Crippen molar-refractivity contribution in [2.45, 2.75) is 73.1 Å². The van der Waals surface area contributed by atoms with Gasteiger partial charge in [0.05, 0.1) is 6.61 Å². The number of hydrazone groups is 1. The van der Waals surface area contributed by atoms with Crippen LogP contribution in [0.25, 0.3) is 0 Å². The zero-order valence-corrected chi connectivity index (χ0v) is 21.4. The van der Waals surface area contributed by atoms with Crippen molar-refractivity contribution >= 4 is 40.6 Å². The van der Waals surface area contributed by atoms with Gasteiger partial charge < -0.3 is 4.74 Å². The fraction of sp³-hybridized carbons (Fsp3) is 0.565. The molecular formula is C23H35Cl2F3N2O2. The average Bonchev–Trinajstić information content (AvgIpc) is 2.74. The Kier molecular flexibility index (Phi) is 18.0. The van der Waals surface area contributed by atoms with Gasteiger partial charge in [0.2, 0.25) is 6.43 Å². The summed E-state index contributed by atoms with van der Waals surface area (Å²) in [5.41, 5.74) is 1.57. The smallest absolute Gasteiger partial charge is 0.324 e. The molecule has 0 radical (unpaired) electrons. The number of esters is 1. The average molecular weight is 499 g/mol. The summed E-state index contributed by atoms with van der Waals surface area (Å²) >= 11 is 12.2. The molecule has 0 amide bonds. The lowest BCUT2D eigenvalue weighted by molar-refractivity contribution is -0.142. The van der Waals surface area contributed by atoms with Gasteiger partial charge in [0, 0.05) is 23.4 Å². The van der Waals surface area contributed by atoms with E-state index in [0.29, 0.717) is 5.56 Å². The number of carbonyl (C=O) groups is 1. The summed E-state index contributed by atoms with van der Waals surface area (Å²) in [7, 11) is 0. The summed E-state index contributed by atoms with van der Waals surface area (Å²) < 4.78 is 40.0. The number of hydrogen-bond donors (Lipinski definition) is 0. The molecule has 0 fully saturated rings. The first-order valence-corrected chi connectivity index (χ1v) is 11.3. The Morgan fingerprint density at radius 2 is 1.81 bits per heavy atom. The van der Waals surface area contributed by atoms with E-state index in [1.165, 1.54) is 23.3 Å². The van der Waals surface area contributed by atoms with Gasteiger partial charge in [-0.25, -0.2) is 18.2 Å². The molecule has 1 rings (SSSR count). The van der Waals surface area contributed by atoms with Gasteiger partial charge in [0.25, 0.3) is 0 Å². The lowest BCUT2D eigenvalue weighted by Crippen LogP contribution is -2.21. The molecular weight excluding hydrogens is 464 g/mol. The molecule has 0 aliphatic heterocycles. The summed E-state index contributed by atoms with van der Waals surface area (Å²) in [6.07, 6.45) is 0.291. The number of halogens is 5. The predicted molar refractivity (Wildman–Crippen MR) is 130 cm³/mol. The van der Waals surface area contributed by atoms with E-state index >= 15 is 0 Å². The van der Waals surface area contributed by atoms with E-state index in [0.717, 1.165) is 19.1 Å². The monoisotopic (exact) mass is 498 g/mol. The first-order valence-electron chi connectivity index (χ1n) is 10.5. The molecule has 0 aliphatic rings. The van der Waals surface area contributed by atoms with Crippen molar-refractivity contribution < 1.29 is 22.7 Å². The predicted octanol–water partition coefficient (Wildman–Crippen LogP) is 7.86. The van der Waals surface area contributed by atoms with Crippen LogP contribution in [0.5, 0.6) is 0 Å². The largest absolute Gasteiger partial charge is 0.465 e.